The number of rotatable bonds is 3. The number of hydrogen-bond acceptors (Lipinski definition) is 1. The Kier molecular flexibility index (Phi) is 3.19. The maximum absolute atomic E-state index is 4.15. The molecule has 2 aliphatic carbocycles. The number of hydrogen-bond donors (Lipinski definition) is 0. The van der Waals surface area contributed by atoms with E-state index in [4.69, 9.17) is 0 Å². The predicted octanol–water partition coefficient (Wildman–Crippen LogP) is 3.82. The molecule has 0 saturated heterocycles. The molecular weight excluding hydrogens is 206 g/mol. The third-order valence-electron chi connectivity index (χ3n) is 3.44. The van der Waals surface area contributed by atoms with Crippen LogP contribution in [0.4, 0.5) is 0 Å². The van der Waals surface area contributed by atoms with E-state index >= 15 is 0 Å². The highest BCUT2D eigenvalue weighted by Crippen LogP contribution is 2.39. The molecule has 88 valence electrons. The Bertz CT molecular complexity index is 460. The Morgan fingerprint density at radius 1 is 1.35 bits per heavy atom. The van der Waals surface area contributed by atoms with Crippen LogP contribution in [-0.2, 0) is 0 Å². The van der Waals surface area contributed by atoms with E-state index in [2.05, 4.69) is 61.4 Å². The SMILES string of the molecule is C=CN(C)C1=CC=C2C=CC=CC2C1C(=C)C. The molecule has 2 aliphatic rings. The van der Waals surface area contributed by atoms with E-state index in [1.807, 2.05) is 13.2 Å². The lowest BCUT2D eigenvalue weighted by atomic mass is 9.74. The zero-order chi connectivity index (χ0) is 12.4. The molecule has 0 spiro atoms. The number of nitrogens with zero attached hydrogens (tertiary/aromatic N) is 1. The van der Waals surface area contributed by atoms with Gasteiger partial charge in [-0.05, 0) is 24.8 Å². The van der Waals surface area contributed by atoms with Crippen molar-refractivity contribution in [3.05, 3.63) is 72.7 Å². The van der Waals surface area contributed by atoms with Crippen molar-refractivity contribution in [2.24, 2.45) is 11.8 Å². The lowest BCUT2D eigenvalue weighted by molar-refractivity contribution is 0.435. The van der Waals surface area contributed by atoms with Gasteiger partial charge in [0.2, 0.25) is 0 Å². The van der Waals surface area contributed by atoms with Gasteiger partial charge < -0.3 is 4.90 Å². The summed E-state index contributed by atoms with van der Waals surface area (Å²) in [5.41, 5.74) is 3.82. The summed E-state index contributed by atoms with van der Waals surface area (Å²) >= 11 is 0. The van der Waals surface area contributed by atoms with Crippen molar-refractivity contribution in [2.45, 2.75) is 6.92 Å². The van der Waals surface area contributed by atoms with Gasteiger partial charge in [0, 0.05) is 24.6 Å². The van der Waals surface area contributed by atoms with Gasteiger partial charge in [0.15, 0.2) is 0 Å². The molecule has 2 unspecified atom stereocenters. The van der Waals surface area contributed by atoms with E-state index in [-0.39, 0.29) is 0 Å². The third kappa shape index (κ3) is 2.05. The van der Waals surface area contributed by atoms with Crippen LogP contribution in [-0.4, -0.2) is 11.9 Å². The van der Waals surface area contributed by atoms with E-state index < -0.39 is 0 Å². The highest BCUT2D eigenvalue weighted by atomic mass is 15.1. The fraction of sp³-hybridized carbons (Fsp3) is 0.250. The maximum Gasteiger partial charge on any atom is 0.0299 e. The first-order valence-electron chi connectivity index (χ1n) is 5.92. The average Bonchev–Trinajstić information content (AvgIpc) is 2.36. The molecule has 0 aromatic heterocycles. The van der Waals surface area contributed by atoms with Gasteiger partial charge in [0.05, 0.1) is 0 Å². The smallest absolute Gasteiger partial charge is 0.0299 e. The van der Waals surface area contributed by atoms with Crippen LogP contribution in [0.1, 0.15) is 6.92 Å². The standard InChI is InChI=1S/C16H19N/c1-5-17(4)15-11-10-13-8-6-7-9-14(13)16(15)12(2)3/h5-11,14,16H,1-2H2,3-4H3. The average molecular weight is 225 g/mol. The summed E-state index contributed by atoms with van der Waals surface area (Å²) in [5, 5.41) is 0. The van der Waals surface area contributed by atoms with Gasteiger partial charge in [-0.2, -0.15) is 0 Å². The quantitative estimate of drug-likeness (QED) is 0.660. The van der Waals surface area contributed by atoms with Crippen molar-refractivity contribution in [1.29, 1.82) is 0 Å². The van der Waals surface area contributed by atoms with Crippen LogP contribution >= 0.6 is 0 Å². The van der Waals surface area contributed by atoms with Crippen molar-refractivity contribution in [2.75, 3.05) is 7.05 Å². The monoisotopic (exact) mass is 225 g/mol. The van der Waals surface area contributed by atoms with Gasteiger partial charge in [0.1, 0.15) is 0 Å². The normalized spacial score (nSPS) is 25.8. The van der Waals surface area contributed by atoms with Crippen LogP contribution in [0.3, 0.4) is 0 Å². The summed E-state index contributed by atoms with van der Waals surface area (Å²) in [4.78, 5) is 2.08. The molecule has 2 rings (SSSR count). The van der Waals surface area contributed by atoms with E-state index in [0.29, 0.717) is 11.8 Å². The molecule has 0 aromatic carbocycles. The molecular formula is C16H19N. The number of fused-ring (bicyclic) bond motifs is 1. The zero-order valence-corrected chi connectivity index (χ0v) is 10.6. The van der Waals surface area contributed by atoms with E-state index in [0.717, 1.165) is 0 Å². The Balaban J connectivity index is 2.44. The second-order valence-electron chi connectivity index (χ2n) is 4.65. The molecule has 17 heavy (non-hydrogen) atoms. The van der Waals surface area contributed by atoms with Gasteiger partial charge in [-0.25, -0.2) is 0 Å². The number of allylic oxidation sites excluding steroid dienone is 8. The molecule has 1 heteroatoms. The minimum Gasteiger partial charge on any atom is -0.354 e. The molecule has 0 amide bonds. The highest BCUT2D eigenvalue weighted by molar-refractivity contribution is 5.44. The second-order valence-corrected chi connectivity index (χ2v) is 4.65. The van der Waals surface area contributed by atoms with Gasteiger partial charge in [-0.1, -0.05) is 49.1 Å². The summed E-state index contributed by atoms with van der Waals surface area (Å²) in [6.07, 6.45) is 14.9. The van der Waals surface area contributed by atoms with Gasteiger partial charge in [-0.15, -0.1) is 0 Å². The molecule has 0 aliphatic heterocycles. The van der Waals surface area contributed by atoms with Crippen molar-refractivity contribution in [3.8, 4) is 0 Å². The molecule has 0 saturated carbocycles. The molecule has 1 nitrogen and oxygen atoms in total. The summed E-state index contributed by atoms with van der Waals surface area (Å²) in [7, 11) is 2.04. The topological polar surface area (TPSA) is 3.24 Å². The summed E-state index contributed by atoms with van der Waals surface area (Å²) in [6, 6.07) is 0. The van der Waals surface area contributed by atoms with Gasteiger partial charge >= 0.3 is 0 Å². The summed E-state index contributed by atoms with van der Waals surface area (Å²) in [5.74, 6) is 0.763. The lowest BCUT2D eigenvalue weighted by Crippen LogP contribution is -2.28. The van der Waals surface area contributed by atoms with E-state index in [1.165, 1.54) is 16.8 Å². The second kappa shape index (κ2) is 4.62. The van der Waals surface area contributed by atoms with Crippen LogP contribution in [0.2, 0.25) is 0 Å². The van der Waals surface area contributed by atoms with Crippen molar-refractivity contribution in [1.82, 2.24) is 4.90 Å². The molecule has 2 atom stereocenters. The minimum atomic E-state index is 0.346. The van der Waals surface area contributed by atoms with Crippen LogP contribution < -0.4 is 0 Å². The van der Waals surface area contributed by atoms with E-state index in [9.17, 15) is 0 Å². The summed E-state index contributed by atoms with van der Waals surface area (Å²) in [6.45, 7) is 10.1. The Morgan fingerprint density at radius 3 is 2.76 bits per heavy atom. The molecule has 0 aromatic rings. The summed E-state index contributed by atoms with van der Waals surface area (Å²) < 4.78 is 0. The molecule has 0 N–H and O–H groups in total. The van der Waals surface area contributed by atoms with Crippen molar-refractivity contribution < 1.29 is 0 Å². The van der Waals surface area contributed by atoms with Crippen LogP contribution in [0.15, 0.2) is 72.7 Å². The highest BCUT2D eigenvalue weighted by Gasteiger charge is 2.30. The molecule has 0 radical (unpaired) electrons. The lowest BCUT2D eigenvalue weighted by Gasteiger charge is -2.36. The molecule has 0 fully saturated rings. The first kappa shape index (κ1) is 11.7. The van der Waals surface area contributed by atoms with Gasteiger partial charge in [-0.3, -0.25) is 0 Å². The fourth-order valence-electron chi connectivity index (χ4n) is 2.51. The minimum absolute atomic E-state index is 0.346. The largest absolute Gasteiger partial charge is 0.354 e. The van der Waals surface area contributed by atoms with Crippen molar-refractivity contribution >= 4 is 0 Å². The van der Waals surface area contributed by atoms with Gasteiger partial charge in [0.25, 0.3) is 0 Å². The zero-order valence-electron chi connectivity index (χ0n) is 10.6. The molecule has 0 bridgehead atoms. The first-order chi connectivity index (χ1) is 8.15. The fourth-order valence-corrected chi connectivity index (χ4v) is 2.51. The van der Waals surface area contributed by atoms with Crippen LogP contribution in [0, 0.1) is 11.8 Å². The predicted molar refractivity (Wildman–Crippen MR) is 74.2 cm³/mol. The Labute approximate surface area is 104 Å². The Hall–Kier alpha value is -1.76. The third-order valence-corrected chi connectivity index (χ3v) is 3.44. The first-order valence-corrected chi connectivity index (χ1v) is 5.92. The Morgan fingerprint density at radius 2 is 2.12 bits per heavy atom. The maximum atomic E-state index is 4.15. The molecule has 0 heterocycles. The van der Waals surface area contributed by atoms with E-state index in [1.54, 1.807) is 0 Å². The van der Waals surface area contributed by atoms with Crippen LogP contribution in [0.5, 0.6) is 0 Å². The van der Waals surface area contributed by atoms with Crippen LogP contribution in [0.25, 0.3) is 0 Å². The van der Waals surface area contributed by atoms with Crippen molar-refractivity contribution in [3.63, 3.8) is 0 Å².